The van der Waals surface area contributed by atoms with Crippen molar-refractivity contribution in [3.05, 3.63) is 54.1 Å². The molecule has 116 valence electrons. The number of carbonyl (C=O) groups is 1. The van der Waals surface area contributed by atoms with Gasteiger partial charge in [0.05, 0.1) is 0 Å². The summed E-state index contributed by atoms with van der Waals surface area (Å²) in [5.41, 5.74) is 1.02. The highest BCUT2D eigenvalue weighted by Crippen LogP contribution is 2.32. The number of ether oxygens (including phenoxy) is 2. The van der Waals surface area contributed by atoms with Crippen LogP contribution >= 0.6 is 0 Å². The van der Waals surface area contributed by atoms with Crippen molar-refractivity contribution in [3.8, 4) is 17.2 Å². The molecule has 0 atom stereocenters. The lowest BCUT2D eigenvalue weighted by atomic mass is 10.2. The molecule has 0 saturated carbocycles. The Hall–Kier alpha value is -2.49. The van der Waals surface area contributed by atoms with Crippen LogP contribution in [-0.4, -0.2) is 12.6 Å². The number of rotatable bonds is 6. The van der Waals surface area contributed by atoms with Crippen molar-refractivity contribution in [3.63, 3.8) is 0 Å². The molecule has 1 amide bonds. The van der Waals surface area contributed by atoms with Gasteiger partial charge >= 0.3 is 6.09 Å². The fourth-order valence-corrected chi connectivity index (χ4v) is 1.91. The van der Waals surface area contributed by atoms with Gasteiger partial charge in [-0.3, -0.25) is 0 Å². The first-order valence-electron chi connectivity index (χ1n) is 7.49. The van der Waals surface area contributed by atoms with Crippen molar-refractivity contribution in [2.24, 2.45) is 0 Å². The highest BCUT2D eigenvalue weighted by molar-refractivity contribution is 5.71. The fourth-order valence-electron chi connectivity index (χ4n) is 1.91. The van der Waals surface area contributed by atoms with E-state index < -0.39 is 6.09 Å². The minimum atomic E-state index is -0.464. The number of carbonyl (C=O) groups excluding carboxylic acids is 1. The van der Waals surface area contributed by atoms with E-state index in [1.165, 1.54) is 0 Å². The van der Waals surface area contributed by atoms with Crippen molar-refractivity contribution in [1.29, 1.82) is 0 Å². The van der Waals surface area contributed by atoms with Gasteiger partial charge in [-0.1, -0.05) is 43.7 Å². The summed E-state index contributed by atoms with van der Waals surface area (Å²) in [4.78, 5) is 11.8. The van der Waals surface area contributed by atoms with E-state index in [0.717, 1.165) is 24.2 Å². The Balaban J connectivity index is 2.07. The summed E-state index contributed by atoms with van der Waals surface area (Å²) in [5.74, 6) is 1.66. The smallest absolute Gasteiger partial charge is 0.412 e. The monoisotopic (exact) mass is 299 g/mol. The third-order valence-electron chi connectivity index (χ3n) is 3.16. The molecule has 4 nitrogen and oxygen atoms in total. The molecule has 1 N–H and O–H groups in total. The van der Waals surface area contributed by atoms with Crippen LogP contribution < -0.4 is 14.8 Å². The third-order valence-corrected chi connectivity index (χ3v) is 3.16. The molecule has 0 aliphatic heterocycles. The van der Waals surface area contributed by atoms with Crippen LogP contribution in [0, 0.1) is 6.92 Å². The lowest BCUT2D eigenvalue weighted by molar-refractivity contribution is 0.199. The Bertz CT molecular complexity index is 625. The summed E-state index contributed by atoms with van der Waals surface area (Å²) in [6.45, 7) is 4.64. The Morgan fingerprint density at radius 1 is 1.00 bits per heavy atom. The zero-order valence-corrected chi connectivity index (χ0v) is 13.0. The topological polar surface area (TPSA) is 47.6 Å². The number of hydrogen-bond donors (Lipinski definition) is 1. The maximum absolute atomic E-state index is 11.8. The van der Waals surface area contributed by atoms with Crippen LogP contribution in [0.2, 0.25) is 0 Å². The second-order valence-corrected chi connectivity index (χ2v) is 4.98. The van der Waals surface area contributed by atoms with Crippen molar-refractivity contribution in [1.82, 2.24) is 5.32 Å². The maximum Gasteiger partial charge on any atom is 0.412 e. The average Bonchev–Trinajstić information content (AvgIpc) is 2.52. The van der Waals surface area contributed by atoms with E-state index in [0.29, 0.717) is 18.0 Å². The van der Waals surface area contributed by atoms with Gasteiger partial charge in [-0.2, -0.15) is 0 Å². The third kappa shape index (κ3) is 4.52. The summed E-state index contributed by atoms with van der Waals surface area (Å²) in [5, 5.41) is 2.72. The van der Waals surface area contributed by atoms with Gasteiger partial charge in [0.25, 0.3) is 0 Å². The van der Waals surface area contributed by atoms with Crippen molar-refractivity contribution >= 4 is 6.09 Å². The number of nitrogens with one attached hydrogen (secondary N) is 1. The molecule has 0 aromatic heterocycles. The van der Waals surface area contributed by atoms with Crippen LogP contribution in [0.25, 0.3) is 0 Å². The molecule has 2 rings (SSSR count). The number of para-hydroxylation sites is 3. The van der Waals surface area contributed by atoms with E-state index in [1.54, 1.807) is 18.2 Å². The SMILES string of the molecule is CCCCNC(=O)Oc1ccccc1Oc1ccccc1C. The van der Waals surface area contributed by atoms with Gasteiger partial charge in [0.15, 0.2) is 11.5 Å². The van der Waals surface area contributed by atoms with Gasteiger partial charge in [0, 0.05) is 6.54 Å². The predicted octanol–water partition coefficient (Wildman–Crippen LogP) is 4.68. The lowest BCUT2D eigenvalue weighted by Gasteiger charge is -2.13. The summed E-state index contributed by atoms with van der Waals surface area (Å²) in [6, 6.07) is 14.8. The van der Waals surface area contributed by atoms with Gasteiger partial charge in [0.1, 0.15) is 5.75 Å². The van der Waals surface area contributed by atoms with Crippen LogP contribution in [-0.2, 0) is 0 Å². The molecule has 22 heavy (non-hydrogen) atoms. The second kappa shape index (κ2) is 8.08. The van der Waals surface area contributed by atoms with Crippen LogP contribution in [0.4, 0.5) is 4.79 Å². The molecule has 0 radical (unpaired) electrons. The van der Waals surface area contributed by atoms with Crippen molar-refractivity contribution < 1.29 is 14.3 Å². The molecule has 0 spiro atoms. The standard InChI is InChI=1S/C18H21NO3/c1-3-4-13-19-18(20)22-17-12-8-7-11-16(17)21-15-10-6-5-9-14(15)2/h5-12H,3-4,13H2,1-2H3,(H,19,20). The molecular weight excluding hydrogens is 278 g/mol. The number of aryl methyl sites for hydroxylation is 1. The van der Waals surface area contributed by atoms with E-state index in [4.69, 9.17) is 9.47 Å². The molecule has 2 aromatic carbocycles. The van der Waals surface area contributed by atoms with E-state index in [2.05, 4.69) is 12.2 Å². The Labute approximate surface area is 131 Å². The van der Waals surface area contributed by atoms with Crippen LogP contribution in [0.1, 0.15) is 25.3 Å². The van der Waals surface area contributed by atoms with Gasteiger partial charge in [-0.25, -0.2) is 4.79 Å². The predicted molar refractivity (Wildman–Crippen MR) is 86.6 cm³/mol. The minimum Gasteiger partial charge on any atom is -0.453 e. The first-order valence-corrected chi connectivity index (χ1v) is 7.49. The number of benzene rings is 2. The van der Waals surface area contributed by atoms with Crippen LogP contribution in [0.5, 0.6) is 17.2 Å². The minimum absolute atomic E-state index is 0.403. The number of unbranched alkanes of at least 4 members (excludes halogenated alkanes) is 1. The molecule has 0 heterocycles. The summed E-state index contributed by atoms with van der Waals surface area (Å²) < 4.78 is 11.2. The summed E-state index contributed by atoms with van der Waals surface area (Å²) in [6.07, 6.45) is 1.48. The van der Waals surface area contributed by atoms with Crippen molar-refractivity contribution in [2.75, 3.05) is 6.54 Å². The van der Waals surface area contributed by atoms with E-state index in [9.17, 15) is 4.79 Å². The van der Waals surface area contributed by atoms with Gasteiger partial charge in [0.2, 0.25) is 0 Å². The van der Waals surface area contributed by atoms with E-state index in [-0.39, 0.29) is 0 Å². The van der Waals surface area contributed by atoms with Gasteiger partial charge in [-0.15, -0.1) is 0 Å². The molecule has 0 unspecified atom stereocenters. The highest BCUT2D eigenvalue weighted by Gasteiger charge is 2.11. The molecule has 0 aliphatic rings. The normalized spacial score (nSPS) is 10.1. The van der Waals surface area contributed by atoms with Gasteiger partial charge in [-0.05, 0) is 37.1 Å². The fraction of sp³-hybridized carbons (Fsp3) is 0.278. The molecule has 2 aromatic rings. The molecule has 0 aliphatic carbocycles. The summed E-state index contributed by atoms with van der Waals surface area (Å²) >= 11 is 0. The van der Waals surface area contributed by atoms with Crippen molar-refractivity contribution in [2.45, 2.75) is 26.7 Å². The first kappa shape index (κ1) is 15.9. The average molecular weight is 299 g/mol. The van der Waals surface area contributed by atoms with E-state index in [1.807, 2.05) is 37.3 Å². The first-order chi connectivity index (χ1) is 10.7. The Morgan fingerprint density at radius 2 is 1.64 bits per heavy atom. The molecule has 0 saturated heterocycles. The second-order valence-electron chi connectivity index (χ2n) is 4.98. The zero-order chi connectivity index (χ0) is 15.8. The van der Waals surface area contributed by atoms with Crippen LogP contribution in [0.15, 0.2) is 48.5 Å². The lowest BCUT2D eigenvalue weighted by Crippen LogP contribution is -2.27. The molecule has 0 bridgehead atoms. The quantitative estimate of drug-likeness (QED) is 0.788. The van der Waals surface area contributed by atoms with Gasteiger partial charge < -0.3 is 14.8 Å². The molecular formula is C18H21NO3. The zero-order valence-electron chi connectivity index (χ0n) is 13.0. The largest absolute Gasteiger partial charge is 0.453 e. The number of amides is 1. The molecule has 0 fully saturated rings. The maximum atomic E-state index is 11.8. The highest BCUT2D eigenvalue weighted by atomic mass is 16.6. The summed E-state index contributed by atoms with van der Waals surface area (Å²) in [7, 11) is 0. The number of hydrogen-bond acceptors (Lipinski definition) is 3. The Kier molecular flexibility index (Phi) is 5.83. The van der Waals surface area contributed by atoms with E-state index >= 15 is 0 Å². The Morgan fingerprint density at radius 3 is 2.32 bits per heavy atom. The molecule has 4 heteroatoms. The van der Waals surface area contributed by atoms with Crippen LogP contribution in [0.3, 0.4) is 0 Å².